The van der Waals surface area contributed by atoms with Gasteiger partial charge in [-0.05, 0) is 6.42 Å². The van der Waals surface area contributed by atoms with Crippen LogP contribution in [0.3, 0.4) is 0 Å². The lowest BCUT2D eigenvalue weighted by Crippen LogP contribution is -2.51. The zero-order valence-corrected chi connectivity index (χ0v) is 18.8. The lowest BCUT2D eigenvalue weighted by atomic mass is 10.1. The minimum atomic E-state index is -1.02. The summed E-state index contributed by atoms with van der Waals surface area (Å²) in [6.07, 6.45) is 1.51. The van der Waals surface area contributed by atoms with Crippen molar-refractivity contribution in [1.82, 2.24) is 25.1 Å². The van der Waals surface area contributed by atoms with Crippen molar-refractivity contribution < 1.29 is 34.6 Å². The van der Waals surface area contributed by atoms with Crippen molar-refractivity contribution in [3.63, 3.8) is 0 Å². The molecule has 32 heavy (non-hydrogen) atoms. The monoisotopic (exact) mass is 459 g/mol. The Hall–Kier alpha value is -1.96. The van der Waals surface area contributed by atoms with Crippen LogP contribution in [0, 0.1) is 0 Å². The normalized spacial score (nSPS) is 19.6. The van der Waals surface area contributed by atoms with Gasteiger partial charge in [0.2, 0.25) is 0 Å². The molecule has 1 heterocycles. The van der Waals surface area contributed by atoms with Gasteiger partial charge in [-0.25, -0.2) is 0 Å². The molecule has 1 unspecified atom stereocenters. The number of carboxylic acids is 2. The molecule has 12 heteroatoms. The molecule has 12 nitrogen and oxygen atoms in total. The lowest BCUT2D eigenvalue weighted by Gasteiger charge is -2.35. The van der Waals surface area contributed by atoms with Gasteiger partial charge < -0.3 is 20.2 Å². The summed E-state index contributed by atoms with van der Waals surface area (Å²) in [7, 11) is 0. The van der Waals surface area contributed by atoms with Crippen LogP contribution in [0.4, 0.5) is 0 Å². The second-order valence-corrected chi connectivity index (χ2v) is 7.89. The summed E-state index contributed by atoms with van der Waals surface area (Å²) < 4.78 is 0. The number of carbonyl (C=O) groups excluding carboxylic acids is 2. The maximum atomic E-state index is 12.0. The van der Waals surface area contributed by atoms with E-state index in [4.69, 9.17) is 5.21 Å². The fourth-order valence-electron chi connectivity index (χ4n) is 3.70. The molecule has 184 valence electrons. The van der Waals surface area contributed by atoms with Gasteiger partial charge in [-0.2, -0.15) is 5.48 Å². The number of ketones is 1. The van der Waals surface area contributed by atoms with E-state index < -0.39 is 18.0 Å². The number of aliphatic carboxylic acids is 2. The van der Waals surface area contributed by atoms with Gasteiger partial charge in [0.25, 0.3) is 0 Å². The highest BCUT2D eigenvalue weighted by molar-refractivity contribution is 5.79. The summed E-state index contributed by atoms with van der Waals surface area (Å²) in [6, 6.07) is -0.867. The number of aldehydes is 1. The van der Waals surface area contributed by atoms with Gasteiger partial charge >= 0.3 is 11.9 Å². The van der Waals surface area contributed by atoms with E-state index in [1.807, 2.05) is 9.80 Å². The largest absolute Gasteiger partial charge is 0.480 e. The van der Waals surface area contributed by atoms with E-state index >= 15 is 0 Å². The molecule has 1 aliphatic heterocycles. The minimum Gasteiger partial charge on any atom is -0.480 e. The fraction of sp³-hybridized carbons (Fsp3) is 0.800. The first-order chi connectivity index (χ1) is 15.3. The van der Waals surface area contributed by atoms with Gasteiger partial charge in [-0.3, -0.25) is 34.0 Å². The predicted molar refractivity (Wildman–Crippen MR) is 115 cm³/mol. The Kier molecular flexibility index (Phi) is 13.8. The Morgan fingerprint density at radius 1 is 0.938 bits per heavy atom. The summed E-state index contributed by atoms with van der Waals surface area (Å²) in [5.74, 6) is -2.00. The minimum absolute atomic E-state index is 0.00160. The number of rotatable bonds is 12. The van der Waals surface area contributed by atoms with Crippen molar-refractivity contribution in [3.8, 4) is 0 Å². The molecule has 0 spiro atoms. The molecule has 1 saturated heterocycles. The van der Waals surface area contributed by atoms with Crippen LogP contribution in [0.5, 0.6) is 0 Å². The molecule has 0 aliphatic carbocycles. The molecule has 0 aromatic carbocycles. The maximum Gasteiger partial charge on any atom is 0.320 e. The zero-order chi connectivity index (χ0) is 23.9. The lowest BCUT2D eigenvalue weighted by molar-refractivity contribution is -0.144. The highest BCUT2D eigenvalue weighted by atomic mass is 16.5. The number of Topliss-reactive ketones (excluding diaryl/α,β-unsaturated/α-hetero) is 1. The van der Waals surface area contributed by atoms with Crippen LogP contribution >= 0.6 is 0 Å². The van der Waals surface area contributed by atoms with Crippen molar-refractivity contribution in [3.05, 3.63) is 0 Å². The van der Waals surface area contributed by atoms with Gasteiger partial charge in [0, 0.05) is 65.2 Å². The second kappa shape index (κ2) is 15.8. The summed E-state index contributed by atoms with van der Waals surface area (Å²) in [5, 5.41) is 28.2. The molecule has 0 saturated carbocycles. The molecule has 0 aromatic heterocycles. The first-order valence-corrected chi connectivity index (χ1v) is 11.0. The number of hydrogen-bond acceptors (Lipinski definition) is 10. The molecule has 1 aliphatic rings. The van der Waals surface area contributed by atoms with Crippen LogP contribution in [0.2, 0.25) is 0 Å². The first-order valence-electron chi connectivity index (χ1n) is 11.0. The third kappa shape index (κ3) is 11.1. The van der Waals surface area contributed by atoms with Gasteiger partial charge in [-0.1, -0.05) is 6.92 Å². The van der Waals surface area contributed by atoms with Gasteiger partial charge in [-0.15, -0.1) is 0 Å². The molecule has 1 fully saturated rings. The highest BCUT2D eigenvalue weighted by Gasteiger charge is 2.27. The van der Waals surface area contributed by atoms with Crippen molar-refractivity contribution in [2.45, 2.75) is 32.2 Å². The number of nitrogens with zero attached hydrogens (tertiary/aromatic N) is 4. The van der Waals surface area contributed by atoms with Crippen LogP contribution in [0.15, 0.2) is 0 Å². The Morgan fingerprint density at radius 3 is 2.03 bits per heavy atom. The van der Waals surface area contributed by atoms with E-state index in [2.05, 4.69) is 5.48 Å². The zero-order valence-electron chi connectivity index (χ0n) is 18.8. The number of hydrogen-bond donors (Lipinski definition) is 4. The van der Waals surface area contributed by atoms with E-state index in [-0.39, 0.29) is 38.4 Å². The van der Waals surface area contributed by atoms with Crippen molar-refractivity contribution in [2.24, 2.45) is 0 Å². The predicted octanol–water partition coefficient (Wildman–Crippen LogP) is -1.36. The molecule has 4 N–H and O–H groups in total. The second-order valence-electron chi connectivity index (χ2n) is 7.89. The first kappa shape index (κ1) is 28.1. The Labute approximate surface area is 188 Å². The molecule has 1 atom stereocenters. The fourth-order valence-corrected chi connectivity index (χ4v) is 3.70. The van der Waals surface area contributed by atoms with Crippen molar-refractivity contribution >= 4 is 24.0 Å². The standard InChI is InChI=1S/C20H37N5O7/c1-2-17(27)3-4-18(20(30)31)25-11-9-22(13-14-26)5-7-24(16-21-32)8-6-23(10-12-25)15-19(28)29/h14,18,21,32H,2-13,15-16H2,1H3,(H,28,29)(H,30,31). The van der Waals surface area contributed by atoms with E-state index in [1.165, 1.54) is 0 Å². The highest BCUT2D eigenvalue weighted by Crippen LogP contribution is 2.11. The smallest absolute Gasteiger partial charge is 0.320 e. The van der Waals surface area contributed by atoms with Crippen LogP contribution < -0.4 is 5.48 Å². The molecule has 1 rings (SSSR count). The maximum absolute atomic E-state index is 12.0. The average molecular weight is 460 g/mol. The topological polar surface area (TPSA) is 154 Å². The molecular weight excluding hydrogens is 422 g/mol. The Balaban J connectivity index is 3.03. The number of carboxylic acid groups (broad SMARTS) is 2. The molecule has 0 amide bonds. The average Bonchev–Trinajstić information content (AvgIpc) is 2.74. The molecular formula is C20H37N5O7. The third-order valence-electron chi connectivity index (χ3n) is 5.67. The summed E-state index contributed by atoms with van der Waals surface area (Å²) in [5.41, 5.74) is 2.12. The molecule has 0 bridgehead atoms. The number of hydroxylamine groups is 1. The van der Waals surface area contributed by atoms with Crippen LogP contribution in [-0.2, 0) is 19.2 Å². The van der Waals surface area contributed by atoms with Crippen LogP contribution in [0.25, 0.3) is 0 Å². The summed E-state index contributed by atoms with van der Waals surface area (Å²) >= 11 is 0. The van der Waals surface area contributed by atoms with Gasteiger partial charge in [0.1, 0.15) is 18.1 Å². The van der Waals surface area contributed by atoms with Crippen molar-refractivity contribution in [2.75, 3.05) is 72.1 Å². The van der Waals surface area contributed by atoms with Crippen LogP contribution in [0.1, 0.15) is 26.2 Å². The van der Waals surface area contributed by atoms with E-state index in [1.54, 1.807) is 16.7 Å². The van der Waals surface area contributed by atoms with Crippen LogP contribution in [-0.4, -0.2) is 137 Å². The van der Waals surface area contributed by atoms with Gasteiger partial charge in [0.15, 0.2) is 0 Å². The summed E-state index contributed by atoms with van der Waals surface area (Å²) in [4.78, 5) is 53.5. The van der Waals surface area contributed by atoms with E-state index in [0.717, 1.165) is 6.29 Å². The van der Waals surface area contributed by atoms with E-state index in [9.17, 15) is 29.4 Å². The Bertz CT molecular complexity index is 607. The van der Waals surface area contributed by atoms with Gasteiger partial charge in [0.05, 0.1) is 19.8 Å². The Morgan fingerprint density at radius 2 is 1.50 bits per heavy atom. The number of nitrogens with one attached hydrogen (secondary N) is 1. The SMILES string of the molecule is CCC(=O)CCC(C(=O)O)N1CCN(CC=O)CCN(CNO)CCN(CC(=O)O)CC1. The molecule has 0 aromatic rings. The van der Waals surface area contributed by atoms with E-state index in [0.29, 0.717) is 58.8 Å². The van der Waals surface area contributed by atoms with Crippen molar-refractivity contribution in [1.29, 1.82) is 0 Å². The quantitative estimate of drug-likeness (QED) is 0.201. The number of carbonyl (C=O) groups is 4. The molecule has 0 radical (unpaired) electrons. The summed E-state index contributed by atoms with van der Waals surface area (Å²) in [6.45, 7) is 5.40. The third-order valence-corrected chi connectivity index (χ3v) is 5.67.